The van der Waals surface area contributed by atoms with Gasteiger partial charge in [0.2, 0.25) is 5.95 Å². The number of hydrogen-bond acceptors (Lipinski definition) is 3. The molecule has 23 heavy (non-hydrogen) atoms. The van der Waals surface area contributed by atoms with Crippen molar-refractivity contribution >= 4 is 33.6 Å². The molecule has 0 aliphatic heterocycles. The third-order valence-corrected chi connectivity index (χ3v) is 4.37. The number of aryl methyl sites for hydroxylation is 2. The van der Waals surface area contributed by atoms with Gasteiger partial charge < -0.3 is 9.13 Å². The maximum absolute atomic E-state index is 4.54. The molecule has 2 heterocycles. The maximum Gasteiger partial charge on any atom is 0.250 e. The summed E-state index contributed by atoms with van der Waals surface area (Å²) in [5.41, 5.74) is 5.13. The van der Waals surface area contributed by atoms with E-state index in [4.69, 9.17) is 0 Å². The minimum absolute atomic E-state index is 0.610. The number of imidazole rings is 1. The molecule has 0 N–H and O–H groups in total. The van der Waals surface area contributed by atoms with Gasteiger partial charge in [-0.2, -0.15) is 0 Å². The first-order chi connectivity index (χ1) is 11.2. The summed E-state index contributed by atoms with van der Waals surface area (Å²) in [5.74, 6) is 0.610. The number of fused-ring (bicyclic) bond motifs is 2. The lowest BCUT2D eigenvalue weighted by Gasteiger charge is -1.97. The minimum Gasteiger partial charge on any atom is -0.346 e. The summed E-state index contributed by atoms with van der Waals surface area (Å²) in [7, 11) is 4.01. The second-order valence-corrected chi connectivity index (χ2v) is 5.67. The highest BCUT2D eigenvalue weighted by Crippen LogP contribution is 2.33. The van der Waals surface area contributed by atoms with Crippen LogP contribution in [0, 0.1) is 6.92 Å². The monoisotopic (exact) mass is 303 g/mol. The Balaban J connectivity index is 1.85. The molecule has 114 valence electrons. The lowest BCUT2D eigenvalue weighted by molar-refractivity contribution is 0.904. The summed E-state index contributed by atoms with van der Waals surface area (Å²) in [6.45, 7) is 2.06. The number of benzene rings is 2. The van der Waals surface area contributed by atoms with Crippen LogP contribution < -0.4 is 0 Å². The molecule has 0 bridgehead atoms. The van der Waals surface area contributed by atoms with Crippen LogP contribution in [0.3, 0.4) is 0 Å². The molecule has 0 fully saturated rings. The molecular formula is C18H17N5. The third kappa shape index (κ3) is 2.04. The van der Waals surface area contributed by atoms with Crippen molar-refractivity contribution < 1.29 is 0 Å². The Labute approximate surface area is 133 Å². The van der Waals surface area contributed by atoms with Crippen LogP contribution in [0.5, 0.6) is 0 Å². The average molecular weight is 303 g/mol. The fraction of sp³-hybridized carbons (Fsp3) is 0.167. The molecule has 0 spiro atoms. The van der Waals surface area contributed by atoms with Crippen LogP contribution >= 0.6 is 0 Å². The molecule has 0 saturated carbocycles. The molecule has 0 radical (unpaired) electrons. The van der Waals surface area contributed by atoms with E-state index in [0.717, 1.165) is 33.3 Å². The van der Waals surface area contributed by atoms with E-state index >= 15 is 0 Å². The summed E-state index contributed by atoms with van der Waals surface area (Å²) < 4.78 is 4.10. The van der Waals surface area contributed by atoms with Crippen molar-refractivity contribution in [3.05, 3.63) is 54.2 Å². The van der Waals surface area contributed by atoms with Crippen LogP contribution in [0.4, 0.5) is 11.6 Å². The van der Waals surface area contributed by atoms with E-state index in [2.05, 4.69) is 38.8 Å². The molecule has 0 aliphatic carbocycles. The van der Waals surface area contributed by atoms with Gasteiger partial charge in [0.1, 0.15) is 5.69 Å². The highest BCUT2D eigenvalue weighted by Gasteiger charge is 2.11. The molecule has 0 amide bonds. The van der Waals surface area contributed by atoms with Crippen molar-refractivity contribution in [3.63, 3.8) is 0 Å². The highest BCUT2D eigenvalue weighted by molar-refractivity contribution is 5.93. The normalized spacial score (nSPS) is 12.0. The van der Waals surface area contributed by atoms with E-state index in [1.54, 1.807) is 0 Å². The second-order valence-electron chi connectivity index (χ2n) is 5.67. The molecule has 0 aliphatic rings. The van der Waals surface area contributed by atoms with Crippen LogP contribution in [-0.4, -0.2) is 14.1 Å². The Kier molecular flexibility index (Phi) is 3.01. The quantitative estimate of drug-likeness (QED) is 0.491. The molecular weight excluding hydrogens is 286 g/mol. The smallest absolute Gasteiger partial charge is 0.250 e. The van der Waals surface area contributed by atoms with Gasteiger partial charge in [-0.15, -0.1) is 10.2 Å². The number of nitrogens with zero attached hydrogens (tertiary/aromatic N) is 5. The van der Waals surface area contributed by atoms with Crippen molar-refractivity contribution in [3.8, 4) is 0 Å². The first-order valence-electron chi connectivity index (χ1n) is 7.54. The number of aromatic nitrogens is 3. The van der Waals surface area contributed by atoms with Gasteiger partial charge in [0.15, 0.2) is 0 Å². The second kappa shape index (κ2) is 5.05. The minimum atomic E-state index is 0.610. The Morgan fingerprint density at radius 3 is 2.30 bits per heavy atom. The number of rotatable bonds is 2. The molecule has 0 atom stereocenters. The standard InChI is InChI=1S/C18H17N5/c1-12-17(13-8-4-6-10-15(13)22(12)2)20-21-18-19-14-9-5-7-11-16(14)23(18)3/h4-11H,1-3H3. The average Bonchev–Trinajstić information content (AvgIpc) is 3.02. The largest absolute Gasteiger partial charge is 0.346 e. The van der Waals surface area contributed by atoms with E-state index in [1.165, 1.54) is 0 Å². The zero-order chi connectivity index (χ0) is 16.0. The first-order valence-corrected chi connectivity index (χ1v) is 7.54. The van der Waals surface area contributed by atoms with Crippen molar-refractivity contribution in [1.29, 1.82) is 0 Å². The Morgan fingerprint density at radius 2 is 1.52 bits per heavy atom. The van der Waals surface area contributed by atoms with Gasteiger partial charge in [0.05, 0.1) is 16.6 Å². The summed E-state index contributed by atoms with van der Waals surface area (Å²) in [6, 6.07) is 16.2. The van der Waals surface area contributed by atoms with Crippen LogP contribution in [0.15, 0.2) is 58.8 Å². The summed E-state index contributed by atoms with van der Waals surface area (Å²) in [4.78, 5) is 4.54. The molecule has 4 rings (SSSR count). The molecule has 0 saturated heterocycles. The predicted molar refractivity (Wildman–Crippen MR) is 92.5 cm³/mol. The van der Waals surface area contributed by atoms with Crippen molar-refractivity contribution in [2.75, 3.05) is 0 Å². The van der Waals surface area contributed by atoms with E-state index in [1.807, 2.05) is 55.1 Å². The summed E-state index contributed by atoms with van der Waals surface area (Å²) in [6.07, 6.45) is 0. The Bertz CT molecular complexity index is 1050. The molecule has 2 aromatic carbocycles. The Morgan fingerprint density at radius 1 is 0.826 bits per heavy atom. The van der Waals surface area contributed by atoms with Crippen molar-refractivity contribution in [2.45, 2.75) is 6.92 Å². The van der Waals surface area contributed by atoms with E-state index < -0.39 is 0 Å². The van der Waals surface area contributed by atoms with E-state index in [9.17, 15) is 0 Å². The van der Waals surface area contributed by atoms with E-state index in [-0.39, 0.29) is 0 Å². The van der Waals surface area contributed by atoms with Crippen LogP contribution in [0.25, 0.3) is 21.9 Å². The predicted octanol–water partition coefficient (Wildman–Crippen LogP) is 4.79. The van der Waals surface area contributed by atoms with Crippen molar-refractivity contribution in [1.82, 2.24) is 14.1 Å². The molecule has 5 nitrogen and oxygen atoms in total. The fourth-order valence-corrected chi connectivity index (χ4v) is 2.94. The topological polar surface area (TPSA) is 47.5 Å². The first kappa shape index (κ1) is 13.7. The van der Waals surface area contributed by atoms with Gasteiger partial charge in [-0.1, -0.05) is 30.3 Å². The number of hydrogen-bond donors (Lipinski definition) is 0. The summed E-state index contributed by atoms with van der Waals surface area (Å²) >= 11 is 0. The van der Waals surface area contributed by atoms with E-state index in [0.29, 0.717) is 5.95 Å². The summed E-state index contributed by atoms with van der Waals surface area (Å²) in [5, 5.41) is 10.0. The fourth-order valence-electron chi connectivity index (χ4n) is 2.94. The maximum atomic E-state index is 4.54. The SMILES string of the molecule is Cc1c(N=Nc2nc3ccccc3n2C)c2ccccc2n1C. The lowest BCUT2D eigenvalue weighted by Crippen LogP contribution is -1.88. The van der Waals surface area contributed by atoms with Crippen molar-refractivity contribution in [2.24, 2.45) is 24.3 Å². The van der Waals surface area contributed by atoms with Gasteiger partial charge in [0, 0.05) is 25.2 Å². The zero-order valence-electron chi connectivity index (χ0n) is 13.4. The third-order valence-electron chi connectivity index (χ3n) is 4.37. The van der Waals surface area contributed by atoms with Crippen LogP contribution in [-0.2, 0) is 14.1 Å². The highest BCUT2D eigenvalue weighted by atomic mass is 15.3. The number of para-hydroxylation sites is 3. The lowest BCUT2D eigenvalue weighted by atomic mass is 10.2. The van der Waals surface area contributed by atoms with Gasteiger partial charge >= 0.3 is 0 Å². The Hall–Kier alpha value is -2.95. The molecule has 4 aromatic rings. The molecule has 2 aromatic heterocycles. The van der Waals surface area contributed by atoms with Gasteiger partial charge in [-0.25, -0.2) is 4.98 Å². The van der Waals surface area contributed by atoms with Gasteiger partial charge in [-0.05, 0) is 25.1 Å². The van der Waals surface area contributed by atoms with Crippen LogP contribution in [0.1, 0.15) is 5.69 Å². The van der Waals surface area contributed by atoms with Crippen LogP contribution in [0.2, 0.25) is 0 Å². The number of azo groups is 1. The molecule has 5 heteroatoms. The van der Waals surface area contributed by atoms with Gasteiger partial charge in [0.25, 0.3) is 0 Å². The molecule has 0 unspecified atom stereocenters. The zero-order valence-corrected chi connectivity index (χ0v) is 13.4. The van der Waals surface area contributed by atoms with Gasteiger partial charge in [-0.3, -0.25) is 0 Å².